The molecule has 23 heavy (non-hydrogen) atoms. The van der Waals surface area contributed by atoms with Gasteiger partial charge < -0.3 is 14.8 Å². The summed E-state index contributed by atoms with van der Waals surface area (Å²) in [5.41, 5.74) is 0. The first kappa shape index (κ1) is 17.3. The highest BCUT2D eigenvalue weighted by atomic mass is 32.2. The van der Waals surface area contributed by atoms with Crippen molar-refractivity contribution in [3.8, 4) is 11.5 Å². The van der Waals surface area contributed by atoms with Gasteiger partial charge in [0, 0.05) is 6.07 Å². The summed E-state index contributed by atoms with van der Waals surface area (Å²) in [6, 6.07) is 3.85. The smallest absolute Gasteiger partial charge is 0.405 e. The molecule has 0 bridgehead atoms. The molecule has 0 aliphatic carbocycles. The lowest BCUT2D eigenvalue weighted by Gasteiger charge is -2.18. The second kappa shape index (κ2) is 6.62. The summed E-state index contributed by atoms with van der Waals surface area (Å²) >= 11 is 0. The number of carbonyl (C=O) groups excluding carboxylic acids is 1. The van der Waals surface area contributed by atoms with Crippen molar-refractivity contribution in [3.63, 3.8) is 0 Å². The number of fused-ring (bicyclic) bond motifs is 1. The average Bonchev–Trinajstić information content (AvgIpc) is 2.50. The Kier molecular flexibility index (Phi) is 5.00. The van der Waals surface area contributed by atoms with E-state index in [4.69, 9.17) is 9.47 Å². The minimum Gasteiger partial charge on any atom is -0.486 e. The van der Waals surface area contributed by atoms with E-state index in [-0.39, 0.29) is 17.3 Å². The van der Waals surface area contributed by atoms with Crippen molar-refractivity contribution in [1.29, 1.82) is 0 Å². The third-order valence-corrected chi connectivity index (χ3v) is 4.13. The molecule has 0 atom stereocenters. The first-order valence-corrected chi connectivity index (χ1v) is 7.88. The van der Waals surface area contributed by atoms with E-state index in [1.807, 2.05) is 4.72 Å². The van der Waals surface area contributed by atoms with E-state index >= 15 is 0 Å². The summed E-state index contributed by atoms with van der Waals surface area (Å²) in [6.07, 6.45) is -4.57. The number of benzene rings is 1. The highest BCUT2D eigenvalue weighted by Gasteiger charge is 2.28. The number of alkyl halides is 3. The molecule has 0 fully saturated rings. The Hall–Kier alpha value is -2.01. The molecule has 0 radical (unpaired) electrons. The fourth-order valence-corrected chi connectivity index (χ4v) is 2.69. The van der Waals surface area contributed by atoms with Crippen LogP contribution in [0.4, 0.5) is 13.2 Å². The van der Waals surface area contributed by atoms with Gasteiger partial charge in [-0.05, 0) is 12.1 Å². The molecule has 1 aromatic carbocycles. The first-order chi connectivity index (χ1) is 10.7. The van der Waals surface area contributed by atoms with Crippen LogP contribution in [0.2, 0.25) is 0 Å². The first-order valence-electron chi connectivity index (χ1n) is 6.40. The molecule has 1 aromatic rings. The van der Waals surface area contributed by atoms with Gasteiger partial charge >= 0.3 is 6.18 Å². The van der Waals surface area contributed by atoms with Crippen LogP contribution in [-0.4, -0.2) is 46.8 Å². The number of halogens is 3. The zero-order valence-electron chi connectivity index (χ0n) is 11.6. The Labute approximate surface area is 129 Å². The number of ether oxygens (including phenoxy) is 2. The molecule has 1 heterocycles. The Morgan fingerprint density at radius 3 is 2.48 bits per heavy atom. The van der Waals surface area contributed by atoms with Gasteiger partial charge in [-0.1, -0.05) is 0 Å². The van der Waals surface area contributed by atoms with Gasteiger partial charge in [0.05, 0.1) is 11.4 Å². The summed E-state index contributed by atoms with van der Waals surface area (Å²) in [7, 11) is -4.07. The molecule has 1 amide bonds. The summed E-state index contributed by atoms with van der Waals surface area (Å²) in [4.78, 5) is 11.0. The van der Waals surface area contributed by atoms with Gasteiger partial charge in [-0.15, -0.1) is 0 Å². The van der Waals surface area contributed by atoms with Gasteiger partial charge in [0.2, 0.25) is 15.9 Å². The van der Waals surface area contributed by atoms with E-state index in [1.54, 1.807) is 5.32 Å². The third kappa shape index (κ3) is 4.99. The normalized spacial score (nSPS) is 14.4. The maximum absolute atomic E-state index is 12.0. The van der Waals surface area contributed by atoms with Crippen molar-refractivity contribution in [2.45, 2.75) is 11.1 Å². The average molecular weight is 354 g/mol. The van der Waals surface area contributed by atoms with E-state index in [1.165, 1.54) is 18.2 Å². The Bertz CT molecular complexity index is 690. The van der Waals surface area contributed by atoms with Crippen LogP contribution in [0.5, 0.6) is 11.5 Å². The number of hydrogen-bond acceptors (Lipinski definition) is 5. The van der Waals surface area contributed by atoms with Crippen molar-refractivity contribution >= 4 is 15.9 Å². The molecule has 2 N–H and O–H groups in total. The van der Waals surface area contributed by atoms with Crippen molar-refractivity contribution in [2.24, 2.45) is 0 Å². The molecule has 7 nitrogen and oxygen atoms in total. The van der Waals surface area contributed by atoms with Crippen LogP contribution >= 0.6 is 0 Å². The number of amides is 1. The van der Waals surface area contributed by atoms with Crippen LogP contribution in [0.15, 0.2) is 23.1 Å². The third-order valence-electron chi connectivity index (χ3n) is 2.73. The molecule has 1 aliphatic heterocycles. The second-order valence-corrected chi connectivity index (χ2v) is 6.29. The molecule has 0 unspecified atom stereocenters. The highest BCUT2D eigenvalue weighted by molar-refractivity contribution is 7.89. The molecule has 2 rings (SSSR count). The lowest BCUT2D eigenvalue weighted by molar-refractivity contribution is -0.137. The lowest BCUT2D eigenvalue weighted by Crippen LogP contribution is -2.40. The number of sulfonamides is 1. The largest absolute Gasteiger partial charge is 0.486 e. The highest BCUT2D eigenvalue weighted by Crippen LogP contribution is 2.32. The molecule has 0 saturated carbocycles. The molecule has 0 aromatic heterocycles. The van der Waals surface area contributed by atoms with Crippen LogP contribution in [0.1, 0.15) is 0 Å². The quantitative estimate of drug-likeness (QED) is 0.799. The van der Waals surface area contributed by atoms with Gasteiger partial charge in [0.25, 0.3) is 0 Å². The molecule has 1 aliphatic rings. The Morgan fingerprint density at radius 1 is 1.17 bits per heavy atom. The molecule has 0 spiro atoms. The standard InChI is InChI=1S/C12H13F3N2O5S/c13-12(14,15)7-16-11(18)6-17-23(19,20)8-1-2-9-10(5-8)22-4-3-21-9/h1-2,5,17H,3-4,6-7H2,(H,16,18). The lowest BCUT2D eigenvalue weighted by atomic mass is 10.3. The fourth-order valence-electron chi connectivity index (χ4n) is 1.70. The van der Waals surface area contributed by atoms with Gasteiger partial charge in [-0.25, -0.2) is 13.1 Å². The number of nitrogens with one attached hydrogen (secondary N) is 2. The molecular weight excluding hydrogens is 341 g/mol. The molecule has 0 saturated heterocycles. The van der Waals surface area contributed by atoms with E-state index in [9.17, 15) is 26.4 Å². The summed E-state index contributed by atoms with van der Waals surface area (Å²) in [5, 5.41) is 1.56. The number of rotatable bonds is 5. The van der Waals surface area contributed by atoms with Crippen LogP contribution in [0.3, 0.4) is 0 Å². The molecule has 128 valence electrons. The predicted molar refractivity (Wildman–Crippen MR) is 71.7 cm³/mol. The monoisotopic (exact) mass is 354 g/mol. The maximum Gasteiger partial charge on any atom is 0.405 e. The zero-order valence-corrected chi connectivity index (χ0v) is 12.5. The van der Waals surface area contributed by atoms with Crippen molar-refractivity contribution in [3.05, 3.63) is 18.2 Å². The summed E-state index contributed by atoms with van der Waals surface area (Å²) in [5.74, 6) is -0.470. The van der Waals surface area contributed by atoms with E-state index in [0.29, 0.717) is 12.4 Å². The minimum atomic E-state index is -4.57. The van der Waals surface area contributed by atoms with Gasteiger partial charge in [-0.3, -0.25) is 4.79 Å². The Morgan fingerprint density at radius 2 is 1.83 bits per heavy atom. The Balaban J connectivity index is 1.98. The second-order valence-electron chi connectivity index (χ2n) is 4.52. The topological polar surface area (TPSA) is 93.7 Å². The van der Waals surface area contributed by atoms with Crippen molar-refractivity contribution < 1.29 is 35.9 Å². The molecular formula is C12H13F3N2O5S. The van der Waals surface area contributed by atoms with Gasteiger partial charge in [-0.2, -0.15) is 13.2 Å². The predicted octanol–water partition coefficient (Wildman–Crippen LogP) is 0.415. The summed E-state index contributed by atoms with van der Waals surface area (Å²) in [6.45, 7) is -1.73. The van der Waals surface area contributed by atoms with Crippen LogP contribution < -0.4 is 19.5 Å². The van der Waals surface area contributed by atoms with Gasteiger partial charge in [0.15, 0.2) is 11.5 Å². The zero-order chi connectivity index (χ0) is 17.1. The van der Waals surface area contributed by atoms with E-state index in [2.05, 4.69) is 0 Å². The SMILES string of the molecule is O=C(CNS(=O)(=O)c1ccc2c(c1)OCCO2)NCC(F)(F)F. The van der Waals surface area contributed by atoms with Crippen molar-refractivity contribution in [1.82, 2.24) is 10.0 Å². The van der Waals surface area contributed by atoms with Crippen LogP contribution in [0.25, 0.3) is 0 Å². The minimum absolute atomic E-state index is 0.189. The number of carbonyl (C=O) groups is 1. The van der Waals surface area contributed by atoms with E-state index < -0.39 is 35.2 Å². The van der Waals surface area contributed by atoms with Crippen LogP contribution in [0, 0.1) is 0 Å². The van der Waals surface area contributed by atoms with Crippen molar-refractivity contribution in [2.75, 3.05) is 26.3 Å². The van der Waals surface area contributed by atoms with E-state index in [0.717, 1.165) is 0 Å². The van der Waals surface area contributed by atoms with Gasteiger partial charge in [0.1, 0.15) is 19.8 Å². The summed E-state index contributed by atoms with van der Waals surface area (Å²) < 4.78 is 72.2. The molecule has 11 heteroatoms. The fraction of sp³-hybridized carbons (Fsp3) is 0.417. The maximum atomic E-state index is 12.0. The number of hydrogen-bond donors (Lipinski definition) is 2. The van der Waals surface area contributed by atoms with Crippen LogP contribution in [-0.2, 0) is 14.8 Å².